The van der Waals surface area contributed by atoms with Gasteiger partial charge in [0.1, 0.15) is 5.75 Å². The van der Waals surface area contributed by atoms with E-state index in [1.807, 2.05) is 24.3 Å². The molecule has 0 unspecified atom stereocenters. The Labute approximate surface area is 130 Å². The van der Waals surface area contributed by atoms with Crippen molar-refractivity contribution in [3.8, 4) is 5.75 Å². The van der Waals surface area contributed by atoms with Gasteiger partial charge in [0.2, 0.25) is 0 Å². The van der Waals surface area contributed by atoms with Gasteiger partial charge in [-0.3, -0.25) is 9.59 Å². The molecule has 1 amide bonds. The number of carbonyl (C=O) groups is 2. The maximum atomic E-state index is 11.9. The molecule has 1 aliphatic rings. The summed E-state index contributed by atoms with van der Waals surface area (Å²) in [6.45, 7) is 4.16. The fourth-order valence-corrected chi connectivity index (χ4v) is 2.72. The van der Waals surface area contributed by atoms with Gasteiger partial charge in [0.15, 0.2) is 6.61 Å². The number of carbonyl (C=O) groups excluding carboxylic acids is 1. The molecule has 0 radical (unpaired) electrons. The van der Waals surface area contributed by atoms with E-state index in [1.54, 1.807) is 0 Å². The summed E-state index contributed by atoms with van der Waals surface area (Å²) in [5, 5.41) is 11.8. The lowest BCUT2D eigenvalue weighted by Crippen LogP contribution is -2.36. The van der Waals surface area contributed by atoms with E-state index in [0.717, 1.165) is 5.56 Å². The highest BCUT2D eigenvalue weighted by Crippen LogP contribution is 2.25. The summed E-state index contributed by atoms with van der Waals surface area (Å²) in [5.41, 5.74) is 1.16. The zero-order valence-electron chi connectivity index (χ0n) is 13.0. The highest BCUT2D eigenvalue weighted by atomic mass is 16.5. The van der Waals surface area contributed by atoms with Gasteiger partial charge in [0.25, 0.3) is 5.91 Å². The normalized spacial score (nSPS) is 20.9. The minimum absolute atomic E-state index is 0.0458. The Kier molecular flexibility index (Phi) is 5.41. The van der Waals surface area contributed by atoms with Crippen LogP contribution in [0.3, 0.4) is 0 Å². The van der Waals surface area contributed by atoms with E-state index in [2.05, 4.69) is 19.2 Å². The second-order valence-electron chi connectivity index (χ2n) is 6.13. The summed E-state index contributed by atoms with van der Waals surface area (Å²) in [4.78, 5) is 22.8. The molecule has 5 nitrogen and oxygen atoms in total. The topological polar surface area (TPSA) is 75.6 Å². The molecule has 2 atom stereocenters. The second-order valence-corrected chi connectivity index (χ2v) is 6.13. The van der Waals surface area contributed by atoms with Crippen molar-refractivity contribution < 1.29 is 19.4 Å². The summed E-state index contributed by atoms with van der Waals surface area (Å²) in [7, 11) is 0. The van der Waals surface area contributed by atoms with Crippen molar-refractivity contribution in [1.29, 1.82) is 0 Å². The number of hydrogen-bond donors (Lipinski definition) is 2. The molecule has 22 heavy (non-hydrogen) atoms. The molecule has 0 aliphatic heterocycles. The van der Waals surface area contributed by atoms with E-state index >= 15 is 0 Å². The third-order valence-electron chi connectivity index (χ3n) is 4.04. The number of benzene rings is 1. The average Bonchev–Trinajstić information content (AvgIpc) is 2.94. The van der Waals surface area contributed by atoms with E-state index in [-0.39, 0.29) is 24.5 Å². The first kappa shape index (κ1) is 16.3. The molecular weight excluding hydrogens is 282 g/mol. The highest BCUT2D eigenvalue weighted by Gasteiger charge is 2.30. The zero-order valence-corrected chi connectivity index (χ0v) is 13.0. The maximum Gasteiger partial charge on any atom is 0.306 e. The summed E-state index contributed by atoms with van der Waals surface area (Å²) in [6, 6.07) is 7.65. The number of nitrogens with one attached hydrogen (secondary N) is 1. The molecule has 0 saturated heterocycles. The van der Waals surface area contributed by atoms with Gasteiger partial charge < -0.3 is 15.2 Å². The zero-order chi connectivity index (χ0) is 16.1. The van der Waals surface area contributed by atoms with Crippen LogP contribution in [0.25, 0.3) is 0 Å². The Bertz CT molecular complexity index is 541. The molecule has 1 aliphatic carbocycles. The van der Waals surface area contributed by atoms with Crippen LogP contribution >= 0.6 is 0 Å². The Balaban J connectivity index is 1.79. The first-order chi connectivity index (χ1) is 10.5. The number of hydrogen-bond acceptors (Lipinski definition) is 3. The number of rotatable bonds is 6. The van der Waals surface area contributed by atoms with Crippen LogP contribution in [-0.2, 0) is 9.59 Å². The van der Waals surface area contributed by atoms with Gasteiger partial charge in [0, 0.05) is 6.04 Å². The third-order valence-corrected chi connectivity index (χ3v) is 4.04. The van der Waals surface area contributed by atoms with Crippen molar-refractivity contribution in [3.63, 3.8) is 0 Å². The number of carboxylic acids is 1. The lowest BCUT2D eigenvalue weighted by Gasteiger charge is -2.14. The summed E-state index contributed by atoms with van der Waals surface area (Å²) in [6.07, 6.45) is 1.84. The van der Waals surface area contributed by atoms with Crippen molar-refractivity contribution in [2.75, 3.05) is 6.61 Å². The fraction of sp³-hybridized carbons (Fsp3) is 0.529. The maximum absolute atomic E-state index is 11.9. The van der Waals surface area contributed by atoms with Crippen LogP contribution < -0.4 is 10.1 Å². The molecule has 0 aromatic heterocycles. The van der Waals surface area contributed by atoms with E-state index < -0.39 is 5.97 Å². The molecule has 0 heterocycles. The Morgan fingerprint density at radius 3 is 2.77 bits per heavy atom. The Hall–Kier alpha value is -2.04. The first-order valence-electron chi connectivity index (χ1n) is 7.70. The van der Waals surface area contributed by atoms with Gasteiger partial charge in [-0.25, -0.2) is 0 Å². The first-order valence-corrected chi connectivity index (χ1v) is 7.70. The molecule has 1 saturated carbocycles. The fourth-order valence-electron chi connectivity index (χ4n) is 2.72. The average molecular weight is 305 g/mol. The molecule has 5 heteroatoms. The minimum Gasteiger partial charge on any atom is -0.484 e. The highest BCUT2D eigenvalue weighted by molar-refractivity contribution is 5.78. The van der Waals surface area contributed by atoms with Crippen molar-refractivity contribution in [1.82, 2.24) is 5.32 Å². The molecule has 120 valence electrons. The van der Waals surface area contributed by atoms with Gasteiger partial charge in [-0.05, 0) is 42.9 Å². The predicted molar refractivity (Wildman–Crippen MR) is 82.9 cm³/mol. The van der Waals surface area contributed by atoms with Crippen LogP contribution in [0, 0.1) is 5.92 Å². The van der Waals surface area contributed by atoms with E-state index in [0.29, 0.717) is 30.9 Å². The monoisotopic (exact) mass is 305 g/mol. The summed E-state index contributed by atoms with van der Waals surface area (Å²) in [5.74, 6) is -0.238. The Morgan fingerprint density at radius 1 is 1.36 bits per heavy atom. The third kappa shape index (κ3) is 4.48. The number of ether oxygens (including phenoxy) is 1. The van der Waals surface area contributed by atoms with Crippen LogP contribution in [0.4, 0.5) is 0 Å². The largest absolute Gasteiger partial charge is 0.484 e. The van der Waals surface area contributed by atoms with Crippen LogP contribution in [0.1, 0.15) is 44.6 Å². The summed E-state index contributed by atoms with van der Waals surface area (Å²) >= 11 is 0. The number of aliphatic carboxylic acids is 1. The van der Waals surface area contributed by atoms with Gasteiger partial charge >= 0.3 is 5.97 Å². The molecule has 1 aromatic rings. The number of amides is 1. The van der Waals surface area contributed by atoms with E-state index in [4.69, 9.17) is 9.84 Å². The van der Waals surface area contributed by atoms with Gasteiger partial charge in [-0.15, -0.1) is 0 Å². The lowest BCUT2D eigenvalue weighted by atomic mass is 10.0. The smallest absolute Gasteiger partial charge is 0.306 e. The molecule has 2 rings (SSSR count). The predicted octanol–water partition coefficient (Wildman–Crippen LogP) is 2.56. The second kappa shape index (κ2) is 7.29. The quantitative estimate of drug-likeness (QED) is 0.847. The molecule has 0 bridgehead atoms. The molecule has 1 aromatic carbocycles. The Morgan fingerprint density at radius 2 is 2.14 bits per heavy atom. The van der Waals surface area contributed by atoms with Gasteiger partial charge in [-0.2, -0.15) is 0 Å². The van der Waals surface area contributed by atoms with Gasteiger partial charge in [-0.1, -0.05) is 26.0 Å². The van der Waals surface area contributed by atoms with Gasteiger partial charge in [0.05, 0.1) is 5.92 Å². The van der Waals surface area contributed by atoms with E-state index in [1.165, 1.54) is 0 Å². The SMILES string of the molecule is CC(C)c1cccc(OCC(=O)N[C@H]2CC[C@@H](C(=O)O)C2)c1. The number of carboxylic acid groups (broad SMARTS) is 1. The van der Waals surface area contributed by atoms with E-state index in [9.17, 15) is 9.59 Å². The van der Waals surface area contributed by atoms with Crippen molar-refractivity contribution in [2.45, 2.75) is 45.1 Å². The van der Waals surface area contributed by atoms with Crippen LogP contribution in [0.15, 0.2) is 24.3 Å². The molecule has 0 spiro atoms. The van der Waals surface area contributed by atoms with Crippen molar-refractivity contribution >= 4 is 11.9 Å². The minimum atomic E-state index is -0.779. The molecular formula is C17H23NO4. The van der Waals surface area contributed by atoms with Crippen molar-refractivity contribution in [2.24, 2.45) is 5.92 Å². The van der Waals surface area contributed by atoms with Crippen LogP contribution in [-0.4, -0.2) is 29.6 Å². The molecule has 2 N–H and O–H groups in total. The summed E-state index contributed by atoms with van der Waals surface area (Å²) < 4.78 is 5.51. The van der Waals surface area contributed by atoms with Crippen molar-refractivity contribution in [3.05, 3.63) is 29.8 Å². The lowest BCUT2D eigenvalue weighted by molar-refractivity contribution is -0.141. The van der Waals surface area contributed by atoms with Crippen LogP contribution in [0.2, 0.25) is 0 Å². The standard InChI is InChI=1S/C17H23NO4/c1-11(2)12-4-3-5-15(9-12)22-10-16(19)18-14-7-6-13(8-14)17(20)21/h3-5,9,11,13-14H,6-8,10H2,1-2H3,(H,18,19)(H,20,21)/t13-,14+/m1/s1. The van der Waals surface area contributed by atoms with Crippen LogP contribution in [0.5, 0.6) is 5.75 Å². The molecule has 1 fully saturated rings.